The van der Waals surface area contributed by atoms with Crippen molar-refractivity contribution in [2.24, 2.45) is 0 Å². The number of carbonyl (C=O) groups is 6. The van der Waals surface area contributed by atoms with Crippen LogP contribution in [-0.2, 0) is 35.3 Å². The number of amides is 6. The number of fused-ring (bicyclic) bond motifs is 1. The Hall–Kier alpha value is -5.70. The minimum absolute atomic E-state index is 0.0251. The fourth-order valence-corrected chi connectivity index (χ4v) is 9.44. The Labute approximate surface area is 404 Å². The molecule has 3 aliphatic heterocycles. The summed E-state index contributed by atoms with van der Waals surface area (Å²) in [5.41, 5.74) is 2.74. The zero-order valence-corrected chi connectivity index (χ0v) is 40.1. The Morgan fingerprint density at radius 3 is 2.43 bits per heavy atom. The number of piperidine rings is 1. The highest BCUT2D eigenvalue weighted by Crippen LogP contribution is 2.33. The number of benzene rings is 2. The van der Waals surface area contributed by atoms with Crippen molar-refractivity contribution in [3.63, 3.8) is 0 Å². The van der Waals surface area contributed by atoms with Gasteiger partial charge in [-0.3, -0.25) is 43.9 Å². The highest BCUT2D eigenvalue weighted by Gasteiger charge is 2.45. The predicted molar refractivity (Wildman–Crippen MR) is 256 cm³/mol. The lowest BCUT2D eigenvalue weighted by Crippen LogP contribution is -2.54. The van der Waals surface area contributed by atoms with Crippen molar-refractivity contribution in [2.45, 2.75) is 90.5 Å². The first-order valence-corrected chi connectivity index (χ1v) is 24.4. The maximum absolute atomic E-state index is 13.3. The number of thiazole rings is 1. The first kappa shape index (κ1) is 50.2. The minimum Gasteiger partial charge on any atom is -0.379 e. The van der Waals surface area contributed by atoms with Crippen LogP contribution in [-0.4, -0.2) is 125 Å². The molecule has 20 heteroatoms. The molecule has 0 bridgehead atoms. The van der Waals surface area contributed by atoms with Crippen LogP contribution in [0.4, 0.5) is 17.2 Å². The molecule has 3 aliphatic rings. The number of para-hydroxylation sites is 1. The van der Waals surface area contributed by atoms with Crippen molar-refractivity contribution in [3.8, 4) is 0 Å². The number of piperazine rings is 1. The van der Waals surface area contributed by atoms with Crippen LogP contribution in [0.2, 0.25) is 5.02 Å². The van der Waals surface area contributed by atoms with E-state index in [0.29, 0.717) is 67.1 Å². The molecule has 18 nitrogen and oxygen atoms in total. The Morgan fingerprint density at radius 1 is 0.853 bits per heavy atom. The maximum Gasteiger partial charge on any atom is 0.267 e. The van der Waals surface area contributed by atoms with E-state index in [1.165, 1.54) is 17.4 Å². The number of unbranched alkanes of at least 4 members (excludes halogenated alkanes) is 5. The second kappa shape index (κ2) is 24.5. The van der Waals surface area contributed by atoms with E-state index in [9.17, 15) is 28.8 Å². The Balaban J connectivity index is 0.677. The van der Waals surface area contributed by atoms with Crippen LogP contribution >= 0.6 is 22.9 Å². The van der Waals surface area contributed by atoms with Gasteiger partial charge in [-0.05, 0) is 76.3 Å². The van der Waals surface area contributed by atoms with Crippen molar-refractivity contribution in [1.29, 1.82) is 0 Å². The molecule has 0 aliphatic carbocycles. The SMILES string of the molecule is Cc1nc(Cc2ncc(C(=O)Nc3c(C)cccc3Cl)s2)cc(N2CCN(CCCCCCOCCOOCCCCCC(=O)Nc3cccc4c3C(=O)N(C3CCC(=O)NC3=O)C4=O)CC2)n1. The summed E-state index contributed by atoms with van der Waals surface area (Å²) in [5, 5.41) is 9.13. The first-order chi connectivity index (χ1) is 32.9. The van der Waals surface area contributed by atoms with Crippen LogP contribution in [0, 0.1) is 13.8 Å². The number of imide groups is 2. The molecule has 3 N–H and O–H groups in total. The minimum atomic E-state index is -1.08. The predicted octanol–water partition coefficient (Wildman–Crippen LogP) is 6.29. The molecular weight excluding hydrogens is 914 g/mol. The molecule has 1 unspecified atom stereocenters. The van der Waals surface area contributed by atoms with Crippen molar-refractivity contribution in [1.82, 2.24) is 30.1 Å². The number of hydrogen-bond donors (Lipinski definition) is 3. The smallest absolute Gasteiger partial charge is 0.267 e. The Bertz CT molecular complexity index is 2440. The summed E-state index contributed by atoms with van der Waals surface area (Å²) >= 11 is 7.65. The van der Waals surface area contributed by atoms with Gasteiger partial charge in [-0.1, -0.05) is 49.1 Å². The van der Waals surface area contributed by atoms with E-state index in [1.807, 2.05) is 32.0 Å². The summed E-state index contributed by atoms with van der Waals surface area (Å²) in [6.07, 6.45) is 8.74. The molecule has 7 rings (SSSR count). The molecule has 6 amide bonds. The molecule has 0 radical (unpaired) electrons. The third-order valence-electron chi connectivity index (χ3n) is 11.9. The molecule has 4 aromatic rings. The lowest BCUT2D eigenvalue weighted by Gasteiger charge is -2.35. The van der Waals surface area contributed by atoms with E-state index in [0.717, 1.165) is 91.8 Å². The number of hydrogen-bond acceptors (Lipinski definition) is 15. The second-order valence-corrected chi connectivity index (χ2v) is 18.5. The summed E-state index contributed by atoms with van der Waals surface area (Å²) in [5.74, 6) is -1.35. The average molecular weight is 973 g/mol. The van der Waals surface area contributed by atoms with Gasteiger partial charge in [-0.15, -0.1) is 11.3 Å². The molecule has 2 aromatic carbocycles. The van der Waals surface area contributed by atoms with Crippen molar-refractivity contribution < 1.29 is 43.3 Å². The normalized spacial score (nSPS) is 16.3. The monoisotopic (exact) mass is 971 g/mol. The van der Waals surface area contributed by atoms with Gasteiger partial charge in [0.15, 0.2) is 0 Å². The number of carbonyl (C=O) groups excluding carboxylic acids is 6. The van der Waals surface area contributed by atoms with E-state index < -0.39 is 29.7 Å². The van der Waals surface area contributed by atoms with E-state index in [4.69, 9.17) is 31.1 Å². The van der Waals surface area contributed by atoms with Gasteiger partial charge >= 0.3 is 0 Å². The maximum atomic E-state index is 13.3. The number of nitrogens with zero attached hydrogens (tertiary/aromatic N) is 6. The quantitative estimate of drug-likeness (QED) is 0.0305. The molecule has 2 aromatic heterocycles. The number of aryl methyl sites for hydroxylation is 2. The fourth-order valence-electron chi connectivity index (χ4n) is 8.34. The first-order valence-electron chi connectivity index (χ1n) is 23.2. The van der Waals surface area contributed by atoms with Gasteiger partial charge in [-0.25, -0.2) is 24.7 Å². The van der Waals surface area contributed by atoms with Crippen LogP contribution < -0.4 is 20.9 Å². The zero-order valence-electron chi connectivity index (χ0n) is 38.5. The van der Waals surface area contributed by atoms with Gasteiger partial charge < -0.3 is 20.3 Å². The standard InChI is InChI=1S/C48H58ClN9O9S/c1-31-12-10-14-35(49)44(31)55-46(62)38-30-50-42(68-38)29-33-28-39(52-32(2)51-33)57-22-20-56(21-23-57)19-7-3-4-8-24-65-26-27-67-66-25-9-5-6-16-40(59)53-36-15-11-13-34-43(36)48(64)58(47(34)63)37-17-18-41(60)54-45(37)61/h10-15,28,30,37H,3-9,16-27,29H2,1-2H3,(H,53,59)(H,55,62)(H,54,60,61). The van der Waals surface area contributed by atoms with Gasteiger partial charge in [0, 0.05) is 58.1 Å². The second-order valence-electron chi connectivity index (χ2n) is 17.0. The topological polar surface area (TPSA) is 215 Å². The number of nitrogens with one attached hydrogen (secondary N) is 3. The van der Waals surface area contributed by atoms with E-state index in [2.05, 4.69) is 35.7 Å². The van der Waals surface area contributed by atoms with E-state index in [1.54, 1.807) is 24.4 Å². The third-order valence-corrected chi connectivity index (χ3v) is 13.2. The Kier molecular flexibility index (Phi) is 18.1. The molecule has 0 spiro atoms. The van der Waals surface area contributed by atoms with Crippen molar-refractivity contribution in [2.75, 3.05) is 74.7 Å². The number of aromatic nitrogens is 3. The van der Waals surface area contributed by atoms with Crippen LogP contribution in [0.15, 0.2) is 48.7 Å². The largest absolute Gasteiger partial charge is 0.379 e. The molecule has 2 saturated heterocycles. The van der Waals surface area contributed by atoms with Gasteiger partial charge in [-0.2, -0.15) is 0 Å². The average Bonchev–Trinajstić information content (AvgIpc) is 3.89. The summed E-state index contributed by atoms with van der Waals surface area (Å²) in [6, 6.07) is 11.1. The van der Waals surface area contributed by atoms with Gasteiger partial charge in [0.1, 0.15) is 29.2 Å². The summed E-state index contributed by atoms with van der Waals surface area (Å²) in [7, 11) is 0. The number of halogens is 1. The fraction of sp³-hybridized carbons (Fsp3) is 0.479. The van der Waals surface area contributed by atoms with Crippen LogP contribution in [0.5, 0.6) is 0 Å². The summed E-state index contributed by atoms with van der Waals surface area (Å²) in [6.45, 7) is 10.4. The highest BCUT2D eigenvalue weighted by atomic mass is 35.5. The number of anilines is 3. The molecule has 362 valence electrons. The molecule has 68 heavy (non-hydrogen) atoms. The lowest BCUT2D eigenvalue weighted by molar-refractivity contribution is -0.299. The van der Waals surface area contributed by atoms with E-state index in [-0.39, 0.29) is 47.9 Å². The van der Waals surface area contributed by atoms with Crippen molar-refractivity contribution >= 4 is 75.6 Å². The van der Waals surface area contributed by atoms with E-state index >= 15 is 0 Å². The zero-order chi connectivity index (χ0) is 48.0. The lowest BCUT2D eigenvalue weighted by atomic mass is 10.0. The number of ether oxygens (including phenoxy) is 1. The van der Waals surface area contributed by atoms with Gasteiger partial charge in [0.2, 0.25) is 17.7 Å². The molecule has 0 saturated carbocycles. The molecule has 5 heterocycles. The molecular formula is C48H58ClN9O9S. The van der Waals surface area contributed by atoms with Crippen LogP contribution in [0.25, 0.3) is 0 Å². The van der Waals surface area contributed by atoms with Crippen LogP contribution in [0.3, 0.4) is 0 Å². The Morgan fingerprint density at radius 2 is 1.62 bits per heavy atom. The number of rotatable bonds is 24. The third kappa shape index (κ3) is 13.5. The van der Waals surface area contributed by atoms with Crippen molar-refractivity contribution in [3.05, 3.63) is 91.8 Å². The van der Waals surface area contributed by atoms with Crippen LogP contribution in [0.1, 0.15) is 117 Å². The molecule has 2 fully saturated rings. The summed E-state index contributed by atoms with van der Waals surface area (Å²) < 4.78 is 5.71. The van der Waals surface area contributed by atoms with Gasteiger partial charge in [0.05, 0.1) is 57.6 Å². The summed E-state index contributed by atoms with van der Waals surface area (Å²) in [4.78, 5) is 107. The molecule has 1 atom stereocenters. The highest BCUT2D eigenvalue weighted by molar-refractivity contribution is 7.13. The van der Waals surface area contributed by atoms with Gasteiger partial charge in [0.25, 0.3) is 17.7 Å².